The smallest absolute Gasteiger partial charge is 0.277 e. The van der Waals surface area contributed by atoms with Crippen molar-refractivity contribution >= 4 is 10.2 Å². The van der Waals surface area contributed by atoms with Crippen LogP contribution in [0.1, 0.15) is 31.4 Å². The molecule has 1 heterocycles. The Hall–Kier alpha value is -1.70. The number of hydrogen-bond donors (Lipinski definition) is 2. The molecule has 1 aliphatic carbocycles. The van der Waals surface area contributed by atoms with Gasteiger partial charge in [0.1, 0.15) is 0 Å². The van der Waals surface area contributed by atoms with Gasteiger partial charge in [0.15, 0.2) is 5.76 Å². The van der Waals surface area contributed by atoms with Gasteiger partial charge < -0.3 is 4.52 Å². The summed E-state index contributed by atoms with van der Waals surface area (Å²) in [5.41, 5.74) is 1.68. The van der Waals surface area contributed by atoms with E-state index in [-0.39, 0.29) is 6.04 Å². The van der Waals surface area contributed by atoms with E-state index in [2.05, 4.69) is 14.6 Å². The van der Waals surface area contributed by atoms with E-state index in [1.54, 1.807) is 0 Å². The molecule has 23 heavy (non-hydrogen) atoms. The van der Waals surface area contributed by atoms with Crippen molar-refractivity contribution in [3.05, 3.63) is 42.1 Å². The van der Waals surface area contributed by atoms with Crippen molar-refractivity contribution in [3.63, 3.8) is 0 Å². The average molecular weight is 335 g/mol. The second-order valence-corrected chi connectivity index (χ2v) is 7.33. The third-order valence-corrected chi connectivity index (χ3v) is 5.20. The molecule has 0 unspecified atom stereocenters. The van der Waals surface area contributed by atoms with Crippen LogP contribution in [0.3, 0.4) is 0 Å². The molecule has 124 valence electrons. The number of nitrogens with one attached hydrogen (secondary N) is 2. The minimum atomic E-state index is -3.44. The van der Waals surface area contributed by atoms with Crippen LogP contribution in [-0.2, 0) is 16.6 Å². The number of rotatable bonds is 7. The second kappa shape index (κ2) is 7.25. The molecule has 2 N–H and O–H groups in total. The number of hydrogen-bond acceptors (Lipinski definition) is 4. The number of aromatic nitrogens is 1. The van der Waals surface area contributed by atoms with Crippen molar-refractivity contribution in [2.24, 2.45) is 0 Å². The summed E-state index contributed by atoms with van der Waals surface area (Å²) in [7, 11) is -3.44. The summed E-state index contributed by atoms with van der Waals surface area (Å²) in [6, 6.07) is 11.6. The molecule has 0 radical (unpaired) electrons. The standard InChI is InChI=1S/C16H21N3O3S/c20-23(21,19-14-8-4-5-9-14)17-11-10-15-12-16(22-18-15)13-6-2-1-3-7-13/h1-3,6-7,12,14,17,19H,4-5,8-11H2. The fraction of sp³-hybridized carbons (Fsp3) is 0.438. The predicted octanol–water partition coefficient (Wildman–Crippen LogP) is 2.25. The first kappa shape index (κ1) is 16.2. The Kier molecular flexibility index (Phi) is 5.09. The van der Waals surface area contributed by atoms with E-state index in [0.717, 1.165) is 36.9 Å². The van der Waals surface area contributed by atoms with Crippen LogP contribution in [0.5, 0.6) is 0 Å². The minimum absolute atomic E-state index is 0.0734. The first-order valence-electron chi connectivity index (χ1n) is 7.90. The van der Waals surface area contributed by atoms with Gasteiger partial charge in [0.25, 0.3) is 10.2 Å². The SMILES string of the molecule is O=S(=O)(NCCc1cc(-c2ccccc2)on1)NC1CCCC1. The largest absolute Gasteiger partial charge is 0.356 e. The van der Waals surface area contributed by atoms with Crippen molar-refractivity contribution < 1.29 is 12.9 Å². The molecule has 0 bridgehead atoms. The van der Waals surface area contributed by atoms with Crippen molar-refractivity contribution in [1.29, 1.82) is 0 Å². The van der Waals surface area contributed by atoms with E-state index in [1.165, 1.54) is 0 Å². The lowest BCUT2D eigenvalue weighted by Gasteiger charge is -2.12. The molecule has 0 atom stereocenters. The normalized spacial score (nSPS) is 16.0. The molecule has 7 heteroatoms. The van der Waals surface area contributed by atoms with Crippen LogP contribution in [0.4, 0.5) is 0 Å². The summed E-state index contributed by atoms with van der Waals surface area (Å²) in [5, 5.41) is 3.99. The molecule has 0 saturated heterocycles. The monoisotopic (exact) mass is 335 g/mol. The van der Waals surface area contributed by atoms with Crippen LogP contribution < -0.4 is 9.44 Å². The summed E-state index contributed by atoms with van der Waals surface area (Å²) in [5.74, 6) is 0.688. The molecule has 6 nitrogen and oxygen atoms in total. The molecule has 0 spiro atoms. The van der Waals surface area contributed by atoms with Gasteiger partial charge in [-0.2, -0.15) is 13.1 Å². The van der Waals surface area contributed by atoms with Crippen molar-refractivity contribution in [2.75, 3.05) is 6.54 Å². The number of benzene rings is 1. The van der Waals surface area contributed by atoms with E-state index in [9.17, 15) is 8.42 Å². The molecule has 2 aromatic rings. The maximum atomic E-state index is 11.9. The van der Waals surface area contributed by atoms with Crippen molar-refractivity contribution in [3.8, 4) is 11.3 Å². The fourth-order valence-corrected chi connectivity index (χ4v) is 3.91. The van der Waals surface area contributed by atoms with Crippen LogP contribution >= 0.6 is 0 Å². The molecular formula is C16H21N3O3S. The average Bonchev–Trinajstić information content (AvgIpc) is 3.19. The molecular weight excluding hydrogens is 314 g/mol. The highest BCUT2D eigenvalue weighted by atomic mass is 32.2. The van der Waals surface area contributed by atoms with Gasteiger partial charge in [-0.15, -0.1) is 0 Å². The first-order valence-corrected chi connectivity index (χ1v) is 9.39. The first-order chi connectivity index (χ1) is 11.1. The molecule has 0 amide bonds. The molecule has 3 rings (SSSR count). The van der Waals surface area contributed by atoms with Gasteiger partial charge in [-0.25, -0.2) is 4.72 Å². The lowest BCUT2D eigenvalue weighted by Crippen LogP contribution is -2.42. The Morgan fingerprint density at radius 3 is 2.65 bits per heavy atom. The Balaban J connectivity index is 1.50. The summed E-state index contributed by atoms with van der Waals surface area (Å²) >= 11 is 0. The summed E-state index contributed by atoms with van der Waals surface area (Å²) < 4.78 is 34.4. The molecule has 1 aliphatic rings. The topological polar surface area (TPSA) is 84.2 Å². The van der Waals surface area contributed by atoms with E-state index in [4.69, 9.17) is 4.52 Å². The molecule has 1 fully saturated rings. The zero-order valence-electron chi connectivity index (χ0n) is 12.9. The third-order valence-electron chi connectivity index (χ3n) is 3.97. The van der Waals surface area contributed by atoms with Gasteiger partial charge in [-0.3, -0.25) is 0 Å². The van der Waals surface area contributed by atoms with Crippen LogP contribution in [-0.4, -0.2) is 26.2 Å². The van der Waals surface area contributed by atoms with Crippen molar-refractivity contribution in [2.45, 2.75) is 38.1 Å². The van der Waals surface area contributed by atoms with Crippen LogP contribution in [0, 0.1) is 0 Å². The van der Waals surface area contributed by atoms with Gasteiger partial charge in [0.2, 0.25) is 0 Å². The van der Waals surface area contributed by atoms with E-state index in [1.807, 2.05) is 36.4 Å². The van der Waals surface area contributed by atoms with Crippen LogP contribution in [0.15, 0.2) is 40.9 Å². The van der Waals surface area contributed by atoms with Crippen molar-refractivity contribution in [1.82, 2.24) is 14.6 Å². The van der Waals surface area contributed by atoms with Gasteiger partial charge in [0, 0.05) is 30.6 Å². The third kappa shape index (κ3) is 4.63. The van der Waals surface area contributed by atoms with Gasteiger partial charge >= 0.3 is 0 Å². The van der Waals surface area contributed by atoms with E-state index in [0.29, 0.717) is 18.7 Å². The highest BCUT2D eigenvalue weighted by Crippen LogP contribution is 2.20. The quantitative estimate of drug-likeness (QED) is 0.813. The predicted molar refractivity (Wildman–Crippen MR) is 88.0 cm³/mol. The maximum Gasteiger partial charge on any atom is 0.277 e. The van der Waals surface area contributed by atoms with Gasteiger partial charge in [0.05, 0.1) is 5.69 Å². The Morgan fingerprint density at radius 1 is 1.17 bits per heavy atom. The highest BCUT2D eigenvalue weighted by molar-refractivity contribution is 7.87. The van der Waals surface area contributed by atoms with E-state index >= 15 is 0 Å². The zero-order valence-corrected chi connectivity index (χ0v) is 13.7. The summed E-state index contributed by atoms with van der Waals surface area (Å²) in [6.07, 6.45) is 4.51. The van der Waals surface area contributed by atoms with E-state index < -0.39 is 10.2 Å². The summed E-state index contributed by atoms with van der Waals surface area (Å²) in [6.45, 7) is 0.294. The zero-order chi connectivity index (χ0) is 16.1. The Morgan fingerprint density at radius 2 is 1.91 bits per heavy atom. The molecule has 0 aliphatic heterocycles. The Bertz CT molecular complexity index is 722. The number of nitrogens with zero attached hydrogens (tertiary/aromatic N) is 1. The molecule has 1 saturated carbocycles. The van der Waals surface area contributed by atoms with Gasteiger partial charge in [-0.05, 0) is 12.8 Å². The lowest BCUT2D eigenvalue weighted by molar-refractivity contribution is 0.423. The van der Waals surface area contributed by atoms with Gasteiger partial charge in [-0.1, -0.05) is 48.3 Å². The minimum Gasteiger partial charge on any atom is -0.356 e. The van der Waals surface area contributed by atoms with Crippen LogP contribution in [0.2, 0.25) is 0 Å². The molecule has 1 aromatic heterocycles. The lowest BCUT2D eigenvalue weighted by atomic mass is 10.1. The second-order valence-electron chi connectivity index (χ2n) is 5.80. The summed E-state index contributed by atoms with van der Waals surface area (Å²) in [4.78, 5) is 0. The fourth-order valence-electron chi connectivity index (χ4n) is 2.79. The van der Waals surface area contributed by atoms with Crippen LogP contribution in [0.25, 0.3) is 11.3 Å². The Labute approximate surface area is 136 Å². The molecule has 1 aromatic carbocycles. The maximum absolute atomic E-state index is 11.9. The highest BCUT2D eigenvalue weighted by Gasteiger charge is 2.20.